The predicted octanol–water partition coefficient (Wildman–Crippen LogP) is 2.17. The van der Waals surface area contributed by atoms with Gasteiger partial charge in [-0.1, -0.05) is 5.16 Å². The van der Waals surface area contributed by atoms with Gasteiger partial charge in [-0.3, -0.25) is 4.79 Å². The summed E-state index contributed by atoms with van der Waals surface area (Å²) in [5.74, 6) is 1.07. The van der Waals surface area contributed by atoms with Crippen LogP contribution in [0.4, 0.5) is 0 Å². The minimum absolute atomic E-state index is 0.205. The standard InChI is InChI=1S/C15H15N5O2S/c21-14(12-8-13(22-19-12)10-2-3-10)16-6-4-11-9-23-15(18-11)20-7-1-5-17-20/h1,5,7-10H,2-4,6H2,(H,16,21). The topological polar surface area (TPSA) is 85.8 Å². The summed E-state index contributed by atoms with van der Waals surface area (Å²) in [5.41, 5.74) is 1.28. The first-order valence-corrected chi connectivity index (χ1v) is 8.37. The Morgan fingerprint density at radius 1 is 1.48 bits per heavy atom. The maximum absolute atomic E-state index is 12.0. The van der Waals surface area contributed by atoms with Crippen LogP contribution >= 0.6 is 11.3 Å². The van der Waals surface area contributed by atoms with Gasteiger partial charge in [-0.25, -0.2) is 9.67 Å². The minimum Gasteiger partial charge on any atom is -0.360 e. The van der Waals surface area contributed by atoms with E-state index in [1.807, 2.05) is 17.6 Å². The van der Waals surface area contributed by atoms with E-state index in [0.29, 0.717) is 24.6 Å². The van der Waals surface area contributed by atoms with Gasteiger partial charge in [0.1, 0.15) is 5.76 Å². The number of carbonyl (C=O) groups excluding carboxylic acids is 1. The molecule has 0 saturated heterocycles. The number of carbonyl (C=O) groups is 1. The summed E-state index contributed by atoms with van der Waals surface area (Å²) in [4.78, 5) is 16.5. The van der Waals surface area contributed by atoms with Crippen LogP contribution in [0.1, 0.15) is 40.7 Å². The molecule has 3 heterocycles. The second-order valence-corrected chi connectivity index (χ2v) is 6.30. The van der Waals surface area contributed by atoms with E-state index in [9.17, 15) is 4.79 Å². The molecule has 1 aliphatic carbocycles. The lowest BCUT2D eigenvalue weighted by Crippen LogP contribution is -2.26. The summed E-state index contributed by atoms with van der Waals surface area (Å²) in [6.45, 7) is 0.507. The van der Waals surface area contributed by atoms with Crippen LogP contribution < -0.4 is 5.32 Å². The summed E-state index contributed by atoms with van der Waals surface area (Å²) in [5, 5.41) is 13.6. The molecular weight excluding hydrogens is 314 g/mol. The number of nitrogens with one attached hydrogen (secondary N) is 1. The quantitative estimate of drug-likeness (QED) is 0.749. The van der Waals surface area contributed by atoms with Crippen molar-refractivity contribution in [2.24, 2.45) is 0 Å². The Bertz CT molecular complexity index is 804. The Hall–Kier alpha value is -2.48. The van der Waals surface area contributed by atoms with Crippen LogP contribution in [0.3, 0.4) is 0 Å². The Kier molecular flexibility index (Phi) is 3.66. The van der Waals surface area contributed by atoms with Crippen LogP contribution in [-0.2, 0) is 6.42 Å². The van der Waals surface area contributed by atoms with Gasteiger partial charge in [0.05, 0.1) is 5.69 Å². The summed E-state index contributed by atoms with van der Waals surface area (Å²) in [6.07, 6.45) is 6.48. The zero-order chi connectivity index (χ0) is 15.6. The summed E-state index contributed by atoms with van der Waals surface area (Å²) in [7, 11) is 0. The minimum atomic E-state index is -0.205. The third-order valence-electron chi connectivity index (χ3n) is 3.65. The molecule has 0 atom stereocenters. The number of nitrogens with zero attached hydrogens (tertiary/aromatic N) is 4. The molecule has 1 N–H and O–H groups in total. The van der Waals surface area contributed by atoms with Gasteiger partial charge in [-0.15, -0.1) is 11.3 Å². The Balaban J connectivity index is 1.30. The molecule has 0 aliphatic heterocycles. The van der Waals surface area contributed by atoms with E-state index in [-0.39, 0.29) is 5.91 Å². The molecule has 1 saturated carbocycles. The van der Waals surface area contributed by atoms with Crippen LogP contribution in [-0.4, -0.2) is 32.4 Å². The van der Waals surface area contributed by atoms with Gasteiger partial charge in [0.25, 0.3) is 5.91 Å². The molecule has 1 aliphatic rings. The highest BCUT2D eigenvalue weighted by molar-refractivity contribution is 7.12. The fraction of sp³-hybridized carbons (Fsp3) is 0.333. The van der Waals surface area contributed by atoms with E-state index in [1.165, 1.54) is 11.3 Å². The van der Waals surface area contributed by atoms with Crippen molar-refractivity contribution in [1.82, 2.24) is 25.2 Å². The maximum Gasteiger partial charge on any atom is 0.273 e. The van der Waals surface area contributed by atoms with E-state index in [2.05, 4.69) is 20.6 Å². The van der Waals surface area contributed by atoms with Crippen molar-refractivity contribution >= 4 is 17.2 Å². The molecule has 0 aromatic carbocycles. The fourth-order valence-electron chi connectivity index (χ4n) is 2.25. The molecule has 4 rings (SSSR count). The predicted molar refractivity (Wildman–Crippen MR) is 83.8 cm³/mol. The molecule has 0 radical (unpaired) electrons. The van der Waals surface area contributed by atoms with E-state index < -0.39 is 0 Å². The average molecular weight is 329 g/mol. The largest absolute Gasteiger partial charge is 0.360 e. The first kappa shape index (κ1) is 14.1. The van der Waals surface area contributed by atoms with Crippen molar-refractivity contribution < 1.29 is 9.32 Å². The molecule has 23 heavy (non-hydrogen) atoms. The molecule has 1 amide bonds. The highest BCUT2D eigenvalue weighted by atomic mass is 32.1. The third kappa shape index (κ3) is 3.16. The van der Waals surface area contributed by atoms with Crippen molar-refractivity contribution in [2.45, 2.75) is 25.2 Å². The molecule has 3 aromatic rings. The van der Waals surface area contributed by atoms with Crippen molar-refractivity contribution in [3.05, 3.63) is 47.1 Å². The van der Waals surface area contributed by atoms with E-state index in [4.69, 9.17) is 4.52 Å². The van der Waals surface area contributed by atoms with Gasteiger partial charge in [0.15, 0.2) is 5.69 Å². The summed E-state index contributed by atoms with van der Waals surface area (Å²) in [6, 6.07) is 3.60. The van der Waals surface area contributed by atoms with E-state index in [1.54, 1.807) is 16.9 Å². The van der Waals surface area contributed by atoms with E-state index >= 15 is 0 Å². The highest BCUT2D eigenvalue weighted by Gasteiger charge is 2.28. The number of amides is 1. The molecule has 1 fully saturated rings. The molecule has 7 nitrogen and oxygen atoms in total. The number of hydrogen-bond donors (Lipinski definition) is 1. The molecule has 118 valence electrons. The van der Waals surface area contributed by atoms with Crippen molar-refractivity contribution in [3.63, 3.8) is 0 Å². The normalized spacial score (nSPS) is 14.1. The number of hydrogen-bond acceptors (Lipinski definition) is 6. The average Bonchev–Trinajstić information content (AvgIpc) is 3.03. The van der Waals surface area contributed by atoms with Crippen LogP contribution in [0.15, 0.2) is 34.4 Å². The van der Waals surface area contributed by atoms with Gasteiger partial charge in [0, 0.05) is 42.7 Å². The van der Waals surface area contributed by atoms with E-state index in [0.717, 1.165) is 29.4 Å². The second kappa shape index (κ2) is 5.96. The second-order valence-electron chi connectivity index (χ2n) is 5.47. The lowest BCUT2D eigenvalue weighted by atomic mass is 10.2. The Morgan fingerprint density at radius 2 is 2.39 bits per heavy atom. The monoisotopic (exact) mass is 329 g/mol. The molecule has 0 bridgehead atoms. The fourth-order valence-corrected chi connectivity index (χ4v) is 3.05. The lowest BCUT2D eigenvalue weighted by molar-refractivity contribution is 0.0945. The first-order chi connectivity index (χ1) is 11.3. The zero-order valence-electron chi connectivity index (χ0n) is 12.3. The number of aromatic nitrogens is 4. The van der Waals surface area contributed by atoms with Crippen LogP contribution in [0.2, 0.25) is 0 Å². The molecule has 0 spiro atoms. The van der Waals surface area contributed by atoms with Gasteiger partial charge < -0.3 is 9.84 Å². The van der Waals surface area contributed by atoms with Gasteiger partial charge >= 0.3 is 0 Å². The van der Waals surface area contributed by atoms with Crippen LogP contribution in [0, 0.1) is 0 Å². The molecule has 3 aromatic heterocycles. The summed E-state index contributed by atoms with van der Waals surface area (Å²) >= 11 is 1.53. The maximum atomic E-state index is 12.0. The third-order valence-corrected chi connectivity index (χ3v) is 4.53. The molecular formula is C15H15N5O2S. The molecule has 8 heteroatoms. The highest BCUT2D eigenvalue weighted by Crippen LogP contribution is 2.40. The van der Waals surface area contributed by atoms with Crippen molar-refractivity contribution in [1.29, 1.82) is 0 Å². The van der Waals surface area contributed by atoms with Gasteiger partial charge in [0.2, 0.25) is 5.13 Å². The smallest absolute Gasteiger partial charge is 0.273 e. The summed E-state index contributed by atoms with van der Waals surface area (Å²) < 4.78 is 6.91. The van der Waals surface area contributed by atoms with Crippen molar-refractivity contribution in [3.8, 4) is 5.13 Å². The SMILES string of the molecule is O=C(NCCc1csc(-n2cccn2)n1)c1cc(C2CC2)on1. The van der Waals surface area contributed by atoms with Crippen LogP contribution in [0.25, 0.3) is 5.13 Å². The Morgan fingerprint density at radius 3 is 3.17 bits per heavy atom. The Labute approximate surface area is 136 Å². The molecule has 0 unspecified atom stereocenters. The van der Waals surface area contributed by atoms with Crippen LogP contribution in [0.5, 0.6) is 0 Å². The number of rotatable bonds is 6. The first-order valence-electron chi connectivity index (χ1n) is 7.49. The number of thiazole rings is 1. The zero-order valence-corrected chi connectivity index (χ0v) is 13.1. The van der Waals surface area contributed by atoms with Gasteiger partial charge in [-0.05, 0) is 18.9 Å². The lowest BCUT2D eigenvalue weighted by Gasteiger charge is -2.00. The van der Waals surface area contributed by atoms with Gasteiger partial charge in [-0.2, -0.15) is 5.10 Å². The van der Waals surface area contributed by atoms with Crippen molar-refractivity contribution in [2.75, 3.05) is 6.54 Å².